The van der Waals surface area contributed by atoms with Gasteiger partial charge in [0.05, 0.1) is 18.5 Å². The van der Waals surface area contributed by atoms with Crippen molar-refractivity contribution in [2.24, 2.45) is 5.41 Å². The summed E-state index contributed by atoms with van der Waals surface area (Å²) >= 11 is 1.82. The van der Waals surface area contributed by atoms with Gasteiger partial charge in [0.2, 0.25) is 5.75 Å². The second kappa shape index (κ2) is 9.63. The summed E-state index contributed by atoms with van der Waals surface area (Å²) in [7, 11) is 0. The summed E-state index contributed by atoms with van der Waals surface area (Å²) in [6.07, 6.45) is 5.55. The van der Waals surface area contributed by atoms with E-state index in [2.05, 4.69) is 38.3 Å². The Balaban J connectivity index is 1.15. The highest BCUT2D eigenvalue weighted by Gasteiger charge is 2.39. The quantitative estimate of drug-likeness (QED) is 0.325. The van der Waals surface area contributed by atoms with Crippen LogP contribution in [0.2, 0.25) is 0 Å². The van der Waals surface area contributed by atoms with Gasteiger partial charge in [-0.1, -0.05) is 43.1 Å². The molecule has 9 heteroatoms. The molecule has 6 rings (SSSR count). The van der Waals surface area contributed by atoms with Crippen molar-refractivity contribution in [3.8, 4) is 11.4 Å². The van der Waals surface area contributed by atoms with Crippen LogP contribution in [0.25, 0.3) is 16.8 Å². The van der Waals surface area contributed by atoms with Gasteiger partial charge < -0.3 is 14.1 Å². The van der Waals surface area contributed by atoms with Gasteiger partial charge in [0.1, 0.15) is 11.2 Å². The Morgan fingerprint density at radius 1 is 1.08 bits per heavy atom. The predicted molar refractivity (Wildman–Crippen MR) is 142 cm³/mol. The second-order valence-corrected chi connectivity index (χ2v) is 10.9. The fourth-order valence-electron chi connectivity index (χ4n) is 4.36. The average Bonchev–Trinajstić information content (AvgIpc) is 3.46. The van der Waals surface area contributed by atoms with E-state index in [1.165, 1.54) is 16.6 Å². The number of oxazole rings is 1. The standard InChI is InChI=1S/C27H29N5O3S/c1-27(9-10-27)18-34-25-23(16-29-32(26(25)33)21-5-3-2-4-6-21)30-11-13-31(14-12-30)36-17-20-7-8-22-24(15-20)35-19-28-22/h2-8,15-16,19H,9-14,17-18H2,1H3. The number of anilines is 1. The van der Waals surface area contributed by atoms with Crippen LogP contribution in [0.3, 0.4) is 0 Å². The van der Waals surface area contributed by atoms with Crippen molar-refractivity contribution in [1.29, 1.82) is 0 Å². The molecule has 8 nitrogen and oxygen atoms in total. The number of piperazine rings is 1. The van der Waals surface area contributed by atoms with E-state index >= 15 is 0 Å². The lowest BCUT2D eigenvalue weighted by molar-refractivity contribution is 0.243. The smallest absolute Gasteiger partial charge is 0.316 e. The summed E-state index contributed by atoms with van der Waals surface area (Å²) < 4.78 is 15.5. The molecule has 0 spiro atoms. The summed E-state index contributed by atoms with van der Waals surface area (Å²) in [4.78, 5) is 19.9. The molecule has 0 bridgehead atoms. The fourth-order valence-corrected chi connectivity index (χ4v) is 5.29. The maximum absolute atomic E-state index is 13.5. The van der Waals surface area contributed by atoms with Gasteiger partial charge >= 0.3 is 5.56 Å². The molecule has 36 heavy (non-hydrogen) atoms. The maximum atomic E-state index is 13.5. The van der Waals surface area contributed by atoms with Crippen LogP contribution < -0.4 is 15.2 Å². The van der Waals surface area contributed by atoms with Crippen LogP contribution in [0.15, 0.2) is 70.3 Å². The predicted octanol–water partition coefficient (Wildman–Crippen LogP) is 4.52. The fraction of sp³-hybridized carbons (Fsp3) is 0.370. The Labute approximate surface area is 214 Å². The third-order valence-electron chi connectivity index (χ3n) is 6.97. The molecule has 2 aromatic heterocycles. The zero-order valence-electron chi connectivity index (χ0n) is 20.3. The van der Waals surface area contributed by atoms with Crippen molar-refractivity contribution in [3.05, 3.63) is 77.0 Å². The van der Waals surface area contributed by atoms with E-state index < -0.39 is 0 Å². The molecule has 1 saturated heterocycles. The lowest BCUT2D eigenvalue weighted by atomic mass is 10.2. The normalized spacial score (nSPS) is 17.4. The van der Waals surface area contributed by atoms with Crippen LogP contribution in [0.4, 0.5) is 5.69 Å². The lowest BCUT2D eigenvalue weighted by Gasteiger charge is -2.35. The van der Waals surface area contributed by atoms with Crippen LogP contribution in [0.5, 0.6) is 5.75 Å². The number of hydrogen-bond donors (Lipinski definition) is 0. The molecule has 0 amide bonds. The third kappa shape index (κ3) is 4.85. The molecule has 0 N–H and O–H groups in total. The summed E-state index contributed by atoms with van der Waals surface area (Å²) in [6, 6.07) is 15.7. The number of nitrogens with zero attached hydrogens (tertiary/aromatic N) is 5. The van der Waals surface area contributed by atoms with Gasteiger partial charge in [-0.15, -0.1) is 0 Å². The van der Waals surface area contributed by atoms with Gasteiger partial charge in [0.15, 0.2) is 12.0 Å². The molecular weight excluding hydrogens is 474 g/mol. The van der Waals surface area contributed by atoms with Gasteiger partial charge in [-0.25, -0.2) is 9.29 Å². The third-order valence-corrected chi connectivity index (χ3v) is 8.17. The molecule has 0 atom stereocenters. The molecule has 3 heterocycles. The van der Waals surface area contributed by atoms with Gasteiger partial charge in [0.25, 0.3) is 0 Å². The number of benzene rings is 2. The van der Waals surface area contributed by atoms with Gasteiger partial charge in [-0.3, -0.25) is 4.79 Å². The summed E-state index contributed by atoms with van der Waals surface area (Å²) in [5.41, 5.74) is 4.41. The number of fused-ring (bicyclic) bond motifs is 1. The van der Waals surface area contributed by atoms with E-state index in [0.717, 1.165) is 67.2 Å². The van der Waals surface area contributed by atoms with Crippen molar-refractivity contribution in [3.63, 3.8) is 0 Å². The van der Waals surface area contributed by atoms with Crippen LogP contribution in [0.1, 0.15) is 25.3 Å². The Hall–Kier alpha value is -3.30. The molecule has 0 unspecified atom stereocenters. The molecule has 2 aliphatic rings. The number of aromatic nitrogens is 3. The SMILES string of the molecule is CC1(COc2c(N3CCN(SCc4ccc5ncoc5c4)CC3)cnn(-c3ccccc3)c2=O)CC1. The maximum Gasteiger partial charge on any atom is 0.316 e. The Kier molecular flexibility index (Phi) is 6.18. The topological polar surface area (TPSA) is 76.6 Å². The molecule has 1 aliphatic carbocycles. The Morgan fingerprint density at radius 3 is 2.67 bits per heavy atom. The first kappa shape index (κ1) is 23.1. The molecule has 2 fully saturated rings. The second-order valence-electron chi connectivity index (χ2n) is 9.85. The molecule has 1 saturated carbocycles. The molecular formula is C27H29N5O3S. The molecule has 2 aromatic carbocycles. The van der Waals surface area contributed by atoms with Gasteiger partial charge in [0, 0.05) is 37.3 Å². The van der Waals surface area contributed by atoms with Crippen LogP contribution >= 0.6 is 11.9 Å². The highest BCUT2D eigenvalue weighted by atomic mass is 32.2. The highest BCUT2D eigenvalue weighted by Crippen LogP contribution is 2.45. The lowest BCUT2D eigenvalue weighted by Crippen LogP contribution is -2.44. The van der Waals surface area contributed by atoms with E-state index in [1.54, 1.807) is 6.20 Å². The first-order valence-electron chi connectivity index (χ1n) is 12.3. The molecule has 0 radical (unpaired) electrons. The zero-order valence-corrected chi connectivity index (χ0v) is 21.1. The van der Waals surface area contributed by atoms with E-state index in [1.807, 2.05) is 48.3 Å². The average molecular weight is 504 g/mol. The summed E-state index contributed by atoms with van der Waals surface area (Å²) in [6.45, 7) is 6.14. The summed E-state index contributed by atoms with van der Waals surface area (Å²) in [5.74, 6) is 1.28. The first-order valence-corrected chi connectivity index (χ1v) is 13.3. The van der Waals surface area contributed by atoms with Crippen molar-refractivity contribution in [2.75, 3.05) is 37.7 Å². The van der Waals surface area contributed by atoms with E-state index in [-0.39, 0.29) is 11.0 Å². The molecule has 186 valence electrons. The van der Waals surface area contributed by atoms with Crippen LogP contribution in [-0.2, 0) is 5.75 Å². The Morgan fingerprint density at radius 2 is 1.89 bits per heavy atom. The molecule has 1 aliphatic heterocycles. The van der Waals surface area contributed by atoms with E-state index in [9.17, 15) is 4.79 Å². The molecule has 4 aromatic rings. The monoisotopic (exact) mass is 503 g/mol. The van der Waals surface area contributed by atoms with Crippen molar-refractivity contribution in [1.82, 2.24) is 19.1 Å². The number of para-hydroxylation sites is 1. The van der Waals surface area contributed by atoms with Crippen LogP contribution in [-0.4, -0.2) is 51.9 Å². The minimum atomic E-state index is -0.206. The van der Waals surface area contributed by atoms with E-state index in [4.69, 9.17) is 9.15 Å². The number of rotatable bonds is 8. The number of ether oxygens (including phenoxy) is 1. The van der Waals surface area contributed by atoms with Crippen molar-refractivity contribution >= 4 is 28.7 Å². The van der Waals surface area contributed by atoms with Crippen LogP contribution in [0, 0.1) is 5.41 Å². The zero-order chi connectivity index (χ0) is 24.5. The summed E-state index contributed by atoms with van der Waals surface area (Å²) in [5, 5.41) is 4.51. The van der Waals surface area contributed by atoms with Crippen molar-refractivity contribution < 1.29 is 9.15 Å². The highest BCUT2D eigenvalue weighted by molar-refractivity contribution is 7.96. The number of hydrogen-bond acceptors (Lipinski definition) is 8. The van der Waals surface area contributed by atoms with Gasteiger partial charge in [-0.2, -0.15) is 9.78 Å². The van der Waals surface area contributed by atoms with E-state index in [0.29, 0.717) is 12.4 Å². The minimum Gasteiger partial charge on any atom is -0.486 e. The largest absolute Gasteiger partial charge is 0.486 e. The minimum absolute atomic E-state index is 0.175. The van der Waals surface area contributed by atoms with Gasteiger partial charge in [-0.05, 0) is 42.7 Å². The Bertz CT molecular complexity index is 1410. The van der Waals surface area contributed by atoms with Crippen molar-refractivity contribution in [2.45, 2.75) is 25.5 Å². The first-order chi connectivity index (χ1) is 17.6.